The van der Waals surface area contributed by atoms with Gasteiger partial charge in [0.05, 0.1) is 17.9 Å². The molecule has 0 atom stereocenters. The van der Waals surface area contributed by atoms with Crippen LogP contribution in [-0.4, -0.2) is 26.4 Å². The molecular formula is C18H14F3N7O3S. The number of anilines is 1. The molecule has 4 aromatic heterocycles. The first kappa shape index (κ1) is 21.4. The van der Waals surface area contributed by atoms with Crippen molar-refractivity contribution in [3.05, 3.63) is 52.7 Å². The van der Waals surface area contributed by atoms with Gasteiger partial charge in [-0.15, -0.1) is 0 Å². The summed E-state index contributed by atoms with van der Waals surface area (Å²) < 4.78 is 49.3. The van der Waals surface area contributed by atoms with Gasteiger partial charge in [-0.3, -0.25) is 9.51 Å². The molecule has 0 amide bonds. The summed E-state index contributed by atoms with van der Waals surface area (Å²) in [6, 6.07) is 2.73. The van der Waals surface area contributed by atoms with Crippen molar-refractivity contribution in [2.75, 3.05) is 5.32 Å². The van der Waals surface area contributed by atoms with E-state index in [1.165, 1.54) is 10.9 Å². The van der Waals surface area contributed by atoms with E-state index >= 15 is 0 Å². The van der Waals surface area contributed by atoms with Crippen LogP contribution in [0.15, 0.2) is 44.8 Å². The Kier molecular flexibility index (Phi) is 5.61. The largest absolute Gasteiger partial charge is 0.846 e. The van der Waals surface area contributed by atoms with E-state index in [2.05, 4.69) is 30.7 Å². The van der Waals surface area contributed by atoms with E-state index in [0.717, 1.165) is 16.8 Å². The highest BCUT2D eigenvalue weighted by Crippen LogP contribution is 2.35. The summed E-state index contributed by atoms with van der Waals surface area (Å²) in [5, 5.41) is 21.5. The highest BCUT2D eigenvalue weighted by Gasteiger charge is 2.33. The van der Waals surface area contributed by atoms with E-state index in [9.17, 15) is 18.3 Å². The number of aryl methyl sites for hydroxylation is 2. The number of hydrogen-bond acceptors (Lipinski definition) is 9. The van der Waals surface area contributed by atoms with Crippen molar-refractivity contribution >= 4 is 28.4 Å². The summed E-state index contributed by atoms with van der Waals surface area (Å²) in [6.07, 6.45) is -0.853. The molecule has 0 bridgehead atoms. The molecule has 0 unspecified atom stereocenters. The number of amidine groups is 1. The van der Waals surface area contributed by atoms with Gasteiger partial charge >= 0.3 is 6.18 Å². The summed E-state index contributed by atoms with van der Waals surface area (Å²) in [5.41, 5.74) is 3.18. The van der Waals surface area contributed by atoms with Crippen LogP contribution in [0.25, 0.3) is 11.1 Å². The highest BCUT2D eigenvalue weighted by molar-refractivity contribution is 7.15. The van der Waals surface area contributed by atoms with Gasteiger partial charge in [0.15, 0.2) is 0 Å². The topological polar surface area (TPSA) is 129 Å². The zero-order valence-electron chi connectivity index (χ0n) is 16.5. The van der Waals surface area contributed by atoms with Gasteiger partial charge in [-0.25, -0.2) is 9.98 Å². The third-order valence-electron chi connectivity index (χ3n) is 4.18. The van der Waals surface area contributed by atoms with Crippen LogP contribution in [0.4, 0.5) is 24.2 Å². The van der Waals surface area contributed by atoms with Gasteiger partial charge in [0.1, 0.15) is 16.3 Å². The second kappa shape index (κ2) is 8.37. The monoisotopic (exact) mass is 465 g/mol. The first-order chi connectivity index (χ1) is 15.2. The molecule has 10 nitrogen and oxygen atoms in total. The number of rotatable bonds is 5. The first-order valence-corrected chi connectivity index (χ1v) is 9.81. The molecule has 0 aliphatic carbocycles. The summed E-state index contributed by atoms with van der Waals surface area (Å²) in [6.45, 7) is 3.91. The summed E-state index contributed by atoms with van der Waals surface area (Å²) >= 11 is 0.254. The van der Waals surface area contributed by atoms with Crippen molar-refractivity contribution in [2.24, 2.45) is 4.99 Å². The molecule has 0 radical (unpaired) electrons. The molecule has 0 aromatic carbocycles. The van der Waals surface area contributed by atoms with E-state index in [4.69, 9.17) is 9.05 Å². The van der Waals surface area contributed by atoms with E-state index in [1.807, 2.05) is 19.9 Å². The molecule has 4 rings (SSSR count). The average molecular weight is 465 g/mol. The number of nitrogens with one attached hydrogen (secondary N) is 1. The third kappa shape index (κ3) is 4.74. The molecule has 0 saturated carbocycles. The average Bonchev–Trinajstić information content (AvgIpc) is 3.44. The number of pyridine rings is 1. The fourth-order valence-electron chi connectivity index (χ4n) is 2.80. The van der Waals surface area contributed by atoms with Crippen molar-refractivity contribution in [2.45, 2.75) is 26.6 Å². The lowest BCUT2D eigenvalue weighted by Gasteiger charge is -2.07. The number of alkyl halides is 3. The van der Waals surface area contributed by atoms with Crippen molar-refractivity contribution in [1.29, 1.82) is 0 Å². The quantitative estimate of drug-likeness (QED) is 0.271. The molecule has 0 aliphatic rings. The summed E-state index contributed by atoms with van der Waals surface area (Å²) in [7, 11) is 0. The second-order valence-electron chi connectivity index (χ2n) is 6.55. The van der Waals surface area contributed by atoms with Gasteiger partial charge in [-0.05, 0) is 24.6 Å². The second-order valence-corrected chi connectivity index (χ2v) is 7.56. The fourth-order valence-corrected chi connectivity index (χ4v) is 3.46. The van der Waals surface area contributed by atoms with E-state index in [-0.39, 0.29) is 28.9 Å². The molecule has 32 heavy (non-hydrogen) atoms. The molecule has 4 heterocycles. The Morgan fingerprint density at radius 3 is 2.66 bits per heavy atom. The molecular weight excluding hydrogens is 451 g/mol. The number of nitrogens with zero attached hydrogens (tertiary/aromatic N) is 6. The third-order valence-corrected chi connectivity index (χ3v) is 5.12. The lowest BCUT2D eigenvalue weighted by atomic mass is 10.1. The standard InChI is InChI=1S/C18H14F3N7O3S/c1-9-15(10(2)30-26-9)11-3-4-12(22-5-11)7-28-8-14(31-27-28)24-16(29)25-17-23-6-13(32-17)18(19,20)21/h3-6,8H,7H2,1-2H3,(H-,23,24,25,27,29). The maximum atomic E-state index is 12.6. The van der Waals surface area contributed by atoms with Gasteiger partial charge in [0.2, 0.25) is 16.9 Å². The van der Waals surface area contributed by atoms with Gasteiger partial charge < -0.3 is 14.9 Å². The molecule has 14 heteroatoms. The smallest absolute Gasteiger partial charge is 0.427 e. The van der Waals surface area contributed by atoms with Crippen LogP contribution in [0.1, 0.15) is 22.0 Å². The fraction of sp³-hybridized carbons (Fsp3) is 0.222. The van der Waals surface area contributed by atoms with Gasteiger partial charge in [0, 0.05) is 17.3 Å². The number of aromatic nitrogens is 5. The minimum Gasteiger partial charge on any atom is -0.846 e. The van der Waals surface area contributed by atoms with Crippen molar-refractivity contribution in [3.8, 4) is 11.1 Å². The van der Waals surface area contributed by atoms with E-state index < -0.39 is 17.1 Å². The predicted molar refractivity (Wildman–Crippen MR) is 103 cm³/mol. The Morgan fingerprint density at radius 2 is 2.03 bits per heavy atom. The van der Waals surface area contributed by atoms with Crippen LogP contribution in [0.2, 0.25) is 0 Å². The summed E-state index contributed by atoms with van der Waals surface area (Å²) in [4.78, 5) is 10.4. The molecule has 0 spiro atoms. The minimum absolute atomic E-state index is 0.0429. The SMILES string of the molecule is Cc1noc(C)c1-c1ccc(C[n+]2cc(N/C([O-])=N/c3ncc(C(F)(F)F)s3)on2)nc1. The normalized spacial score (nSPS) is 12.3. The van der Waals surface area contributed by atoms with E-state index in [1.54, 1.807) is 12.3 Å². The van der Waals surface area contributed by atoms with Crippen molar-refractivity contribution in [3.63, 3.8) is 0 Å². The van der Waals surface area contributed by atoms with Crippen molar-refractivity contribution < 1.29 is 32.0 Å². The Balaban J connectivity index is 1.40. The lowest BCUT2D eigenvalue weighted by molar-refractivity contribution is -0.755. The highest BCUT2D eigenvalue weighted by atomic mass is 32.1. The Labute approximate surface area is 182 Å². The van der Waals surface area contributed by atoms with E-state index in [0.29, 0.717) is 17.7 Å². The van der Waals surface area contributed by atoms with Crippen LogP contribution in [0.5, 0.6) is 0 Å². The number of aliphatic imine (C=N–C) groups is 1. The van der Waals surface area contributed by atoms with Crippen LogP contribution in [0.3, 0.4) is 0 Å². The Morgan fingerprint density at radius 1 is 1.22 bits per heavy atom. The molecule has 0 fully saturated rings. The van der Waals surface area contributed by atoms with Crippen molar-refractivity contribution in [1.82, 2.24) is 20.4 Å². The van der Waals surface area contributed by atoms with Gasteiger partial charge in [-0.1, -0.05) is 22.6 Å². The van der Waals surface area contributed by atoms with Crippen LogP contribution in [0, 0.1) is 13.8 Å². The minimum atomic E-state index is -4.54. The zero-order valence-corrected chi connectivity index (χ0v) is 17.4. The van der Waals surface area contributed by atoms with Crippen LogP contribution >= 0.6 is 11.3 Å². The predicted octanol–water partition coefficient (Wildman–Crippen LogP) is 2.61. The maximum absolute atomic E-state index is 12.6. The van der Waals surface area contributed by atoms with Gasteiger partial charge in [0.25, 0.3) is 12.1 Å². The molecule has 4 aromatic rings. The lowest BCUT2D eigenvalue weighted by Crippen LogP contribution is -2.35. The Hall–Kier alpha value is -3.81. The van der Waals surface area contributed by atoms with Crippen LogP contribution < -0.4 is 15.1 Å². The van der Waals surface area contributed by atoms with Crippen LogP contribution in [-0.2, 0) is 12.7 Å². The molecule has 1 N–H and O–H groups in total. The Bertz CT molecular complexity index is 1240. The maximum Gasteiger partial charge on any atom is 0.427 e. The first-order valence-electron chi connectivity index (χ1n) is 8.99. The molecule has 0 aliphatic heterocycles. The molecule has 166 valence electrons. The number of thiazole rings is 1. The number of hydrogen-bond donors (Lipinski definition) is 1. The number of halogens is 3. The summed E-state index contributed by atoms with van der Waals surface area (Å²) in [5.74, 6) is 0.653. The zero-order chi connectivity index (χ0) is 22.9. The van der Waals surface area contributed by atoms with Gasteiger partial charge in [-0.2, -0.15) is 13.2 Å². The molecule has 0 saturated heterocycles.